The van der Waals surface area contributed by atoms with E-state index in [1.807, 2.05) is 31.9 Å². The summed E-state index contributed by atoms with van der Waals surface area (Å²) in [5.41, 5.74) is 1.69. The van der Waals surface area contributed by atoms with Gasteiger partial charge >= 0.3 is 0 Å². The van der Waals surface area contributed by atoms with Crippen molar-refractivity contribution in [1.82, 2.24) is 14.7 Å². The number of amides is 1. The van der Waals surface area contributed by atoms with Crippen molar-refractivity contribution in [3.05, 3.63) is 47.3 Å². The van der Waals surface area contributed by atoms with Gasteiger partial charge in [0, 0.05) is 37.7 Å². The molecule has 8 heteroatoms. The molecule has 1 aromatic heterocycles. The van der Waals surface area contributed by atoms with Gasteiger partial charge in [0.05, 0.1) is 25.5 Å². The van der Waals surface area contributed by atoms with Crippen LogP contribution < -0.4 is 4.74 Å². The monoisotopic (exact) mass is 393 g/mol. The van der Waals surface area contributed by atoms with Crippen LogP contribution in [0.4, 0.5) is 8.78 Å². The molecule has 1 aliphatic heterocycles. The predicted octanol–water partition coefficient (Wildman–Crippen LogP) is 2.88. The number of aryl methyl sites for hydroxylation is 1. The average Bonchev–Trinajstić information content (AvgIpc) is 3.05. The molecule has 0 radical (unpaired) electrons. The molecule has 2 aromatic rings. The van der Waals surface area contributed by atoms with Gasteiger partial charge in [-0.1, -0.05) is 13.8 Å². The molecule has 0 spiro atoms. The van der Waals surface area contributed by atoms with E-state index in [-0.39, 0.29) is 23.7 Å². The summed E-state index contributed by atoms with van der Waals surface area (Å²) in [6.07, 6.45) is 0.285. The van der Waals surface area contributed by atoms with Crippen LogP contribution in [0.5, 0.6) is 5.75 Å². The number of halogens is 2. The van der Waals surface area contributed by atoms with Crippen LogP contribution in [0.15, 0.2) is 24.3 Å². The Balaban J connectivity index is 1.59. The second kappa shape index (κ2) is 8.68. The van der Waals surface area contributed by atoms with E-state index < -0.39 is 11.6 Å². The number of hydrogen-bond acceptors (Lipinski definition) is 4. The van der Waals surface area contributed by atoms with E-state index in [9.17, 15) is 13.6 Å². The van der Waals surface area contributed by atoms with Crippen molar-refractivity contribution in [2.75, 3.05) is 26.3 Å². The van der Waals surface area contributed by atoms with E-state index in [4.69, 9.17) is 9.47 Å². The zero-order chi connectivity index (χ0) is 20.3. The molecule has 28 heavy (non-hydrogen) atoms. The molecule has 1 fully saturated rings. The van der Waals surface area contributed by atoms with Crippen LogP contribution in [0.25, 0.3) is 0 Å². The van der Waals surface area contributed by atoms with Crippen LogP contribution >= 0.6 is 0 Å². The molecule has 0 saturated carbocycles. The summed E-state index contributed by atoms with van der Waals surface area (Å²) in [5.74, 6) is -1.49. The molecule has 152 valence electrons. The molecule has 1 aliphatic rings. The summed E-state index contributed by atoms with van der Waals surface area (Å²) >= 11 is 0. The third-order valence-electron chi connectivity index (χ3n) is 4.72. The molecule has 0 aliphatic carbocycles. The predicted molar refractivity (Wildman–Crippen MR) is 98.9 cm³/mol. The smallest absolute Gasteiger partial charge is 0.225 e. The zero-order valence-corrected chi connectivity index (χ0v) is 16.3. The van der Waals surface area contributed by atoms with Crippen LogP contribution in [-0.2, 0) is 23.0 Å². The SMILES string of the molecule is CC(C)C(=O)N1CCOC(c2cc(CCOc3ccc(F)c(F)c3)n(C)n2)C1. The first-order valence-electron chi connectivity index (χ1n) is 9.36. The van der Waals surface area contributed by atoms with Gasteiger partial charge in [-0.3, -0.25) is 9.48 Å². The Hall–Kier alpha value is -2.48. The maximum absolute atomic E-state index is 13.2. The lowest BCUT2D eigenvalue weighted by molar-refractivity contribution is -0.142. The van der Waals surface area contributed by atoms with Crippen molar-refractivity contribution in [2.24, 2.45) is 13.0 Å². The third kappa shape index (κ3) is 4.67. The van der Waals surface area contributed by atoms with Gasteiger partial charge in [-0.25, -0.2) is 8.78 Å². The minimum absolute atomic E-state index is 0.0495. The number of ether oxygens (including phenoxy) is 2. The number of morpholine rings is 1. The first-order chi connectivity index (χ1) is 13.3. The Morgan fingerprint density at radius 2 is 2.11 bits per heavy atom. The van der Waals surface area contributed by atoms with Crippen molar-refractivity contribution in [1.29, 1.82) is 0 Å². The lowest BCUT2D eigenvalue weighted by Crippen LogP contribution is -2.44. The number of nitrogens with zero attached hydrogens (tertiary/aromatic N) is 3. The highest BCUT2D eigenvalue weighted by molar-refractivity contribution is 5.78. The Kier molecular flexibility index (Phi) is 6.28. The van der Waals surface area contributed by atoms with Gasteiger partial charge in [0.1, 0.15) is 11.9 Å². The number of benzene rings is 1. The molecule has 1 unspecified atom stereocenters. The fourth-order valence-electron chi connectivity index (χ4n) is 3.16. The van der Waals surface area contributed by atoms with E-state index >= 15 is 0 Å². The molecular formula is C20H25F2N3O3. The van der Waals surface area contributed by atoms with Crippen molar-refractivity contribution < 1.29 is 23.0 Å². The number of hydrogen-bond donors (Lipinski definition) is 0. The molecule has 1 saturated heterocycles. The van der Waals surface area contributed by atoms with Gasteiger partial charge in [-0.15, -0.1) is 0 Å². The quantitative estimate of drug-likeness (QED) is 0.757. The van der Waals surface area contributed by atoms with Crippen LogP contribution in [0.1, 0.15) is 31.3 Å². The molecule has 1 amide bonds. The summed E-state index contributed by atoms with van der Waals surface area (Å²) in [6.45, 7) is 5.63. The van der Waals surface area contributed by atoms with Gasteiger partial charge in [0.25, 0.3) is 0 Å². The van der Waals surface area contributed by atoms with E-state index in [1.54, 1.807) is 4.68 Å². The normalized spacial score (nSPS) is 17.2. The Labute approximate surface area is 163 Å². The second-order valence-corrected chi connectivity index (χ2v) is 7.16. The molecule has 1 aromatic carbocycles. The summed E-state index contributed by atoms with van der Waals surface area (Å²) in [4.78, 5) is 14.1. The maximum Gasteiger partial charge on any atom is 0.225 e. The number of carbonyl (C=O) groups is 1. The number of carbonyl (C=O) groups excluding carboxylic acids is 1. The third-order valence-corrected chi connectivity index (χ3v) is 4.72. The lowest BCUT2D eigenvalue weighted by atomic mass is 10.1. The zero-order valence-electron chi connectivity index (χ0n) is 16.3. The van der Waals surface area contributed by atoms with Crippen LogP contribution in [-0.4, -0.2) is 46.9 Å². The van der Waals surface area contributed by atoms with Gasteiger partial charge < -0.3 is 14.4 Å². The van der Waals surface area contributed by atoms with Crippen LogP contribution in [0, 0.1) is 17.6 Å². The molecule has 1 atom stereocenters. The largest absolute Gasteiger partial charge is 0.493 e. The fourth-order valence-corrected chi connectivity index (χ4v) is 3.16. The minimum atomic E-state index is -0.935. The average molecular weight is 393 g/mol. The Morgan fingerprint density at radius 3 is 2.82 bits per heavy atom. The molecule has 3 rings (SSSR count). The fraction of sp³-hybridized carbons (Fsp3) is 0.500. The van der Waals surface area contributed by atoms with Crippen molar-refractivity contribution in [3.63, 3.8) is 0 Å². The molecular weight excluding hydrogens is 368 g/mol. The van der Waals surface area contributed by atoms with E-state index in [0.717, 1.165) is 23.5 Å². The molecule has 6 nitrogen and oxygen atoms in total. The summed E-state index contributed by atoms with van der Waals surface area (Å²) in [5, 5.41) is 4.51. The highest BCUT2D eigenvalue weighted by Crippen LogP contribution is 2.23. The van der Waals surface area contributed by atoms with Crippen molar-refractivity contribution >= 4 is 5.91 Å². The Morgan fingerprint density at radius 1 is 1.32 bits per heavy atom. The maximum atomic E-state index is 13.2. The van der Waals surface area contributed by atoms with Crippen molar-refractivity contribution in [2.45, 2.75) is 26.4 Å². The Bertz CT molecular complexity index is 838. The van der Waals surface area contributed by atoms with Gasteiger partial charge in [0.2, 0.25) is 5.91 Å². The van der Waals surface area contributed by atoms with E-state index in [1.165, 1.54) is 6.07 Å². The molecule has 0 bridgehead atoms. The van der Waals surface area contributed by atoms with E-state index in [2.05, 4.69) is 5.10 Å². The molecule has 2 heterocycles. The number of aromatic nitrogens is 2. The lowest BCUT2D eigenvalue weighted by Gasteiger charge is -2.33. The summed E-state index contributed by atoms with van der Waals surface area (Å²) in [7, 11) is 1.83. The number of rotatable bonds is 6. The van der Waals surface area contributed by atoms with E-state index in [0.29, 0.717) is 32.7 Å². The van der Waals surface area contributed by atoms with Gasteiger partial charge in [0.15, 0.2) is 11.6 Å². The second-order valence-electron chi connectivity index (χ2n) is 7.16. The van der Waals surface area contributed by atoms with Crippen LogP contribution in [0.2, 0.25) is 0 Å². The minimum Gasteiger partial charge on any atom is -0.493 e. The highest BCUT2D eigenvalue weighted by Gasteiger charge is 2.28. The first-order valence-corrected chi connectivity index (χ1v) is 9.36. The summed E-state index contributed by atoms with van der Waals surface area (Å²) in [6, 6.07) is 5.39. The highest BCUT2D eigenvalue weighted by atomic mass is 19.2. The van der Waals surface area contributed by atoms with Crippen LogP contribution in [0.3, 0.4) is 0 Å². The first kappa shape index (κ1) is 20.3. The standard InChI is InChI=1S/C20H25F2N3O3/c1-13(2)20(26)25-7-9-28-19(12-25)18-10-14(24(3)23-18)6-8-27-15-4-5-16(21)17(22)11-15/h4-5,10-11,13,19H,6-9,12H2,1-3H3. The summed E-state index contributed by atoms with van der Waals surface area (Å²) < 4.78 is 39.2. The van der Waals surface area contributed by atoms with Gasteiger partial charge in [-0.05, 0) is 18.2 Å². The topological polar surface area (TPSA) is 56.6 Å². The molecule has 0 N–H and O–H groups in total. The van der Waals surface area contributed by atoms with Crippen molar-refractivity contribution in [3.8, 4) is 5.75 Å². The van der Waals surface area contributed by atoms with Gasteiger partial charge in [-0.2, -0.15) is 5.10 Å².